The summed E-state index contributed by atoms with van der Waals surface area (Å²) in [6.07, 6.45) is 4.20. The van der Waals surface area contributed by atoms with Gasteiger partial charge in [0, 0.05) is 6.54 Å². The molecule has 4 heteroatoms. The monoisotopic (exact) mass is 239 g/mol. The van der Waals surface area contributed by atoms with Crippen LogP contribution in [0.4, 0.5) is 0 Å². The molecule has 0 spiro atoms. The fourth-order valence-corrected chi connectivity index (χ4v) is 2.41. The molecule has 0 aliphatic heterocycles. The predicted octanol–water partition coefficient (Wildman–Crippen LogP) is 2.61. The van der Waals surface area contributed by atoms with Crippen molar-refractivity contribution in [1.29, 1.82) is 0 Å². The zero-order valence-electron chi connectivity index (χ0n) is 11.7. The largest absolute Gasteiger partial charge is 0.493 e. The molecule has 0 saturated heterocycles. The van der Waals surface area contributed by atoms with Gasteiger partial charge in [0.1, 0.15) is 0 Å². The molecular weight excluding hydrogens is 214 g/mol. The fourth-order valence-electron chi connectivity index (χ4n) is 2.41. The molecule has 1 N–H and O–H groups in total. The third-order valence-corrected chi connectivity index (χ3v) is 3.28. The molecule has 0 fully saturated rings. The lowest BCUT2D eigenvalue weighted by Gasteiger charge is -2.24. The molecular formula is C13H25N3O. The van der Waals surface area contributed by atoms with E-state index in [1.807, 2.05) is 17.9 Å². The van der Waals surface area contributed by atoms with E-state index < -0.39 is 0 Å². The second-order valence-electron chi connectivity index (χ2n) is 4.45. The number of rotatable bonds is 7. The quantitative estimate of drug-likeness (QED) is 0.795. The van der Waals surface area contributed by atoms with Gasteiger partial charge in [-0.3, -0.25) is 4.68 Å². The summed E-state index contributed by atoms with van der Waals surface area (Å²) in [6, 6.07) is 0.298. The minimum absolute atomic E-state index is 0.298. The maximum absolute atomic E-state index is 5.42. The van der Waals surface area contributed by atoms with Crippen LogP contribution in [0.2, 0.25) is 0 Å². The summed E-state index contributed by atoms with van der Waals surface area (Å²) in [6.45, 7) is 7.47. The molecule has 4 nitrogen and oxygen atoms in total. The maximum atomic E-state index is 5.42. The van der Waals surface area contributed by atoms with Crippen molar-refractivity contribution >= 4 is 0 Å². The van der Waals surface area contributed by atoms with Crippen molar-refractivity contribution in [3.63, 3.8) is 0 Å². The molecule has 0 radical (unpaired) electrons. The Morgan fingerprint density at radius 3 is 2.65 bits per heavy atom. The van der Waals surface area contributed by atoms with Crippen LogP contribution in [0.1, 0.15) is 45.3 Å². The zero-order chi connectivity index (χ0) is 12.8. The lowest BCUT2D eigenvalue weighted by molar-refractivity contribution is 0.339. The summed E-state index contributed by atoms with van der Waals surface area (Å²) in [7, 11) is 3.71. The highest BCUT2D eigenvalue weighted by Gasteiger charge is 2.24. The van der Waals surface area contributed by atoms with Crippen LogP contribution in [-0.4, -0.2) is 23.9 Å². The molecule has 0 amide bonds. The van der Waals surface area contributed by atoms with Crippen LogP contribution < -0.4 is 10.1 Å². The van der Waals surface area contributed by atoms with Gasteiger partial charge in [-0.05, 0) is 26.3 Å². The molecule has 1 aromatic rings. The van der Waals surface area contributed by atoms with E-state index in [-0.39, 0.29) is 0 Å². The number of nitrogens with zero attached hydrogens (tertiary/aromatic N) is 2. The highest BCUT2D eigenvalue weighted by atomic mass is 16.5. The maximum Gasteiger partial charge on any atom is 0.161 e. The third-order valence-electron chi connectivity index (χ3n) is 3.28. The smallest absolute Gasteiger partial charge is 0.161 e. The topological polar surface area (TPSA) is 39.1 Å². The summed E-state index contributed by atoms with van der Waals surface area (Å²) >= 11 is 0. The van der Waals surface area contributed by atoms with Crippen LogP contribution >= 0.6 is 0 Å². The first-order valence-electron chi connectivity index (χ1n) is 6.46. The molecule has 0 saturated carbocycles. The van der Waals surface area contributed by atoms with Crippen LogP contribution in [0.15, 0.2) is 6.20 Å². The van der Waals surface area contributed by atoms with Crippen molar-refractivity contribution < 1.29 is 4.74 Å². The molecule has 0 aliphatic carbocycles. The van der Waals surface area contributed by atoms with Crippen molar-refractivity contribution in [2.24, 2.45) is 5.92 Å². The van der Waals surface area contributed by atoms with Gasteiger partial charge in [-0.25, -0.2) is 0 Å². The number of nitrogens with one attached hydrogen (secondary N) is 1. The Morgan fingerprint density at radius 2 is 2.18 bits per heavy atom. The van der Waals surface area contributed by atoms with Crippen molar-refractivity contribution in [2.75, 3.05) is 14.2 Å². The Kier molecular flexibility index (Phi) is 5.48. The molecule has 2 atom stereocenters. The molecule has 0 aromatic carbocycles. The summed E-state index contributed by atoms with van der Waals surface area (Å²) in [5.74, 6) is 1.45. The van der Waals surface area contributed by atoms with Gasteiger partial charge >= 0.3 is 0 Å². The second kappa shape index (κ2) is 6.64. The van der Waals surface area contributed by atoms with Crippen molar-refractivity contribution in [2.45, 2.75) is 46.2 Å². The van der Waals surface area contributed by atoms with Gasteiger partial charge in [0.2, 0.25) is 0 Å². The average Bonchev–Trinajstić information content (AvgIpc) is 2.73. The van der Waals surface area contributed by atoms with Crippen LogP contribution in [-0.2, 0) is 6.54 Å². The first-order valence-corrected chi connectivity index (χ1v) is 6.46. The van der Waals surface area contributed by atoms with Crippen LogP contribution in [0.5, 0.6) is 5.75 Å². The molecule has 0 aliphatic rings. The Hall–Kier alpha value is -1.03. The van der Waals surface area contributed by atoms with E-state index in [0.29, 0.717) is 12.0 Å². The average molecular weight is 239 g/mol. The summed E-state index contributed by atoms with van der Waals surface area (Å²) in [4.78, 5) is 0. The minimum atomic E-state index is 0.298. The van der Waals surface area contributed by atoms with Crippen molar-refractivity contribution in [3.8, 4) is 5.75 Å². The summed E-state index contributed by atoms with van der Waals surface area (Å²) < 4.78 is 7.44. The van der Waals surface area contributed by atoms with E-state index in [0.717, 1.165) is 12.3 Å². The molecule has 98 valence electrons. The van der Waals surface area contributed by atoms with E-state index >= 15 is 0 Å². The fraction of sp³-hybridized carbons (Fsp3) is 0.769. The number of hydrogen-bond donors (Lipinski definition) is 1. The van der Waals surface area contributed by atoms with E-state index in [4.69, 9.17) is 4.74 Å². The third kappa shape index (κ3) is 3.00. The Bertz CT molecular complexity index is 314. The van der Waals surface area contributed by atoms with Gasteiger partial charge in [0.25, 0.3) is 0 Å². The van der Waals surface area contributed by atoms with E-state index in [2.05, 4.69) is 31.2 Å². The van der Waals surface area contributed by atoms with Gasteiger partial charge in [-0.2, -0.15) is 5.10 Å². The highest BCUT2D eigenvalue weighted by molar-refractivity contribution is 5.28. The van der Waals surface area contributed by atoms with Crippen LogP contribution in [0.25, 0.3) is 0 Å². The Morgan fingerprint density at radius 1 is 1.47 bits per heavy atom. The van der Waals surface area contributed by atoms with Crippen LogP contribution in [0, 0.1) is 5.92 Å². The van der Waals surface area contributed by atoms with Crippen molar-refractivity contribution in [3.05, 3.63) is 11.9 Å². The molecule has 2 unspecified atom stereocenters. The standard InChI is InChI=1S/C13H25N3O/c1-6-8-10(3)12(14-4)13-11(17-5)9-15-16(13)7-2/h9-10,12,14H,6-8H2,1-5H3. The first kappa shape index (κ1) is 14.0. The number of aryl methyl sites for hydroxylation is 1. The lowest BCUT2D eigenvalue weighted by Crippen LogP contribution is -2.26. The summed E-state index contributed by atoms with van der Waals surface area (Å²) in [5.41, 5.74) is 1.17. The molecule has 17 heavy (non-hydrogen) atoms. The van der Waals surface area contributed by atoms with Gasteiger partial charge in [0.05, 0.1) is 25.0 Å². The van der Waals surface area contributed by atoms with Gasteiger partial charge < -0.3 is 10.1 Å². The SMILES string of the molecule is CCCC(C)C(NC)c1c(OC)cnn1CC. The van der Waals surface area contributed by atoms with Crippen LogP contribution in [0.3, 0.4) is 0 Å². The second-order valence-corrected chi connectivity index (χ2v) is 4.45. The number of hydrogen-bond acceptors (Lipinski definition) is 3. The summed E-state index contributed by atoms with van der Waals surface area (Å²) in [5, 5.41) is 7.77. The van der Waals surface area contributed by atoms with E-state index in [9.17, 15) is 0 Å². The van der Waals surface area contributed by atoms with E-state index in [1.54, 1.807) is 7.11 Å². The predicted molar refractivity (Wildman–Crippen MR) is 70.3 cm³/mol. The normalized spacial score (nSPS) is 14.6. The highest BCUT2D eigenvalue weighted by Crippen LogP contribution is 2.31. The molecule has 1 heterocycles. The van der Waals surface area contributed by atoms with E-state index in [1.165, 1.54) is 18.5 Å². The van der Waals surface area contributed by atoms with Gasteiger partial charge in [0.15, 0.2) is 5.75 Å². The lowest BCUT2D eigenvalue weighted by atomic mass is 9.94. The Balaban J connectivity index is 3.04. The molecule has 0 bridgehead atoms. The number of methoxy groups -OCH3 is 1. The number of aromatic nitrogens is 2. The molecule has 1 aromatic heterocycles. The first-order chi connectivity index (χ1) is 8.19. The molecule has 1 rings (SSSR count). The Labute approximate surface area is 104 Å². The van der Waals surface area contributed by atoms with Crippen molar-refractivity contribution in [1.82, 2.24) is 15.1 Å². The van der Waals surface area contributed by atoms with Gasteiger partial charge in [-0.1, -0.05) is 20.3 Å². The minimum Gasteiger partial charge on any atom is -0.493 e. The number of ether oxygens (including phenoxy) is 1. The zero-order valence-corrected chi connectivity index (χ0v) is 11.7. The van der Waals surface area contributed by atoms with Gasteiger partial charge in [-0.15, -0.1) is 0 Å².